The van der Waals surface area contributed by atoms with E-state index in [1.54, 1.807) is 0 Å². The molecule has 228 valence electrons. The molecule has 4 aliphatic rings. The molecule has 2 amide bonds. The number of carbonyl (C=O) groups is 2. The minimum atomic E-state index is 0.237. The SMILES string of the molecule is CC(C)c1ccc2c(c1)N1C(=O)CC[C@@H]1CO2.CC(C)c1ccc2c(c1)N1C(=O)CC[C@H]1CO2.CC(C)c1ccccc1. The van der Waals surface area contributed by atoms with Gasteiger partial charge in [-0.05, 0) is 71.6 Å². The molecule has 3 aromatic carbocycles. The number of ether oxygens (including phenoxy) is 2. The fraction of sp³-hybridized carbons (Fsp3) is 0.459. The van der Waals surface area contributed by atoms with Crippen LogP contribution in [0.25, 0.3) is 0 Å². The number of rotatable bonds is 3. The van der Waals surface area contributed by atoms with E-state index < -0.39 is 0 Å². The Balaban J connectivity index is 0.000000135. The van der Waals surface area contributed by atoms with Gasteiger partial charge < -0.3 is 19.3 Å². The summed E-state index contributed by atoms with van der Waals surface area (Å²) < 4.78 is 11.5. The topological polar surface area (TPSA) is 59.1 Å². The van der Waals surface area contributed by atoms with Crippen molar-refractivity contribution in [2.45, 2.75) is 97.1 Å². The molecule has 3 aromatic rings. The van der Waals surface area contributed by atoms with E-state index in [2.05, 4.69) is 90.1 Å². The molecule has 6 heteroatoms. The number of anilines is 2. The van der Waals surface area contributed by atoms with Gasteiger partial charge in [0.2, 0.25) is 11.8 Å². The van der Waals surface area contributed by atoms with E-state index in [0.717, 1.165) is 35.7 Å². The van der Waals surface area contributed by atoms with E-state index >= 15 is 0 Å². The van der Waals surface area contributed by atoms with Gasteiger partial charge in [0.05, 0.1) is 23.5 Å². The average Bonchev–Trinajstić information content (AvgIpc) is 3.60. The molecule has 0 aliphatic carbocycles. The smallest absolute Gasteiger partial charge is 0.227 e. The minimum absolute atomic E-state index is 0.237. The number of fused-ring (bicyclic) bond motifs is 6. The Morgan fingerprint density at radius 3 is 1.37 bits per heavy atom. The summed E-state index contributed by atoms with van der Waals surface area (Å²) in [6.45, 7) is 14.3. The Morgan fingerprint density at radius 2 is 1.00 bits per heavy atom. The lowest BCUT2D eigenvalue weighted by Gasteiger charge is -2.32. The second-order valence-corrected chi connectivity index (χ2v) is 12.9. The molecule has 0 aromatic heterocycles. The zero-order valence-corrected chi connectivity index (χ0v) is 26.5. The summed E-state index contributed by atoms with van der Waals surface area (Å²) in [5.41, 5.74) is 5.86. The first kappa shape index (κ1) is 30.7. The van der Waals surface area contributed by atoms with Crippen molar-refractivity contribution in [3.05, 3.63) is 83.4 Å². The van der Waals surface area contributed by atoms with Crippen LogP contribution in [0.5, 0.6) is 11.5 Å². The third-order valence-electron chi connectivity index (χ3n) is 8.80. The first-order chi connectivity index (χ1) is 20.6. The molecule has 0 saturated carbocycles. The Hall–Kier alpha value is -3.80. The van der Waals surface area contributed by atoms with Crippen molar-refractivity contribution in [1.82, 2.24) is 0 Å². The summed E-state index contributed by atoms with van der Waals surface area (Å²) in [7, 11) is 0. The van der Waals surface area contributed by atoms with Crippen LogP contribution in [0.2, 0.25) is 0 Å². The van der Waals surface area contributed by atoms with Crippen molar-refractivity contribution < 1.29 is 19.1 Å². The Bertz CT molecular complexity index is 1340. The number of carbonyl (C=O) groups excluding carboxylic acids is 2. The lowest BCUT2D eigenvalue weighted by Crippen LogP contribution is -2.40. The Labute approximate surface area is 257 Å². The molecule has 2 fully saturated rings. The monoisotopic (exact) mass is 582 g/mol. The van der Waals surface area contributed by atoms with Crippen LogP contribution in [-0.2, 0) is 9.59 Å². The van der Waals surface area contributed by atoms with Crippen LogP contribution in [0.4, 0.5) is 11.4 Å². The van der Waals surface area contributed by atoms with Crippen LogP contribution in [0.1, 0.15) is 102 Å². The second-order valence-electron chi connectivity index (χ2n) is 12.9. The lowest BCUT2D eigenvalue weighted by atomic mass is 10.0. The highest BCUT2D eigenvalue weighted by Crippen LogP contribution is 2.41. The van der Waals surface area contributed by atoms with Crippen LogP contribution >= 0.6 is 0 Å². The van der Waals surface area contributed by atoms with Gasteiger partial charge in [-0.25, -0.2) is 0 Å². The highest BCUT2D eigenvalue weighted by Gasteiger charge is 2.38. The molecule has 4 aliphatic heterocycles. The molecule has 4 heterocycles. The van der Waals surface area contributed by atoms with Gasteiger partial charge in [-0.2, -0.15) is 0 Å². The predicted molar refractivity (Wildman–Crippen MR) is 174 cm³/mol. The van der Waals surface area contributed by atoms with E-state index in [1.165, 1.54) is 16.7 Å². The zero-order valence-electron chi connectivity index (χ0n) is 26.5. The highest BCUT2D eigenvalue weighted by atomic mass is 16.5. The molecule has 0 unspecified atom stereocenters. The van der Waals surface area contributed by atoms with Crippen molar-refractivity contribution in [3.63, 3.8) is 0 Å². The number of nitrogens with zero attached hydrogens (tertiary/aromatic N) is 2. The first-order valence-corrected chi connectivity index (χ1v) is 15.9. The quantitative estimate of drug-likeness (QED) is 0.312. The molecule has 2 atom stereocenters. The average molecular weight is 583 g/mol. The maximum Gasteiger partial charge on any atom is 0.227 e. The molecule has 0 spiro atoms. The largest absolute Gasteiger partial charge is 0.489 e. The molecule has 2 saturated heterocycles. The molecule has 0 radical (unpaired) electrons. The zero-order chi connectivity index (χ0) is 30.7. The number of amides is 2. The molecule has 6 nitrogen and oxygen atoms in total. The maximum atomic E-state index is 11.9. The van der Waals surface area contributed by atoms with Gasteiger partial charge in [-0.15, -0.1) is 0 Å². The Morgan fingerprint density at radius 1 is 0.581 bits per heavy atom. The molecule has 43 heavy (non-hydrogen) atoms. The van der Waals surface area contributed by atoms with Crippen molar-refractivity contribution >= 4 is 23.2 Å². The second kappa shape index (κ2) is 13.2. The molecular formula is C37H46N2O4. The standard InChI is InChI=1S/2C14H17NO2.C9H12/c2*1-9(2)10-3-5-13-12(7-10)15-11(8-17-13)4-6-14(15)16;1-8(2)9-6-4-3-5-7-9/h2*3,5,7,9,11H,4,6,8H2,1-2H3;3-8H,1-2H3/t2*11-;/m10./s1. The van der Waals surface area contributed by atoms with Gasteiger partial charge in [0.25, 0.3) is 0 Å². The number of benzene rings is 3. The summed E-state index contributed by atoms with van der Waals surface area (Å²) in [5, 5.41) is 0. The van der Waals surface area contributed by atoms with Gasteiger partial charge in [0.15, 0.2) is 0 Å². The van der Waals surface area contributed by atoms with Crippen LogP contribution in [0, 0.1) is 0 Å². The first-order valence-electron chi connectivity index (χ1n) is 15.9. The third kappa shape index (κ3) is 6.74. The Kier molecular flexibility index (Phi) is 9.43. The van der Waals surface area contributed by atoms with Crippen LogP contribution in [0.15, 0.2) is 66.7 Å². The van der Waals surface area contributed by atoms with Gasteiger partial charge in [-0.1, -0.05) is 84.0 Å². The van der Waals surface area contributed by atoms with Gasteiger partial charge >= 0.3 is 0 Å². The van der Waals surface area contributed by atoms with Gasteiger partial charge in [-0.3, -0.25) is 9.59 Å². The fourth-order valence-electron chi connectivity index (χ4n) is 6.08. The molecule has 0 bridgehead atoms. The summed E-state index contributed by atoms with van der Waals surface area (Å²) in [6, 6.07) is 23.4. The van der Waals surface area contributed by atoms with Crippen LogP contribution in [-0.4, -0.2) is 37.1 Å². The van der Waals surface area contributed by atoms with Gasteiger partial charge in [0, 0.05) is 12.8 Å². The van der Waals surface area contributed by atoms with Crippen molar-refractivity contribution in [3.8, 4) is 11.5 Å². The normalized spacial score (nSPS) is 19.8. The van der Waals surface area contributed by atoms with Crippen molar-refractivity contribution in [1.29, 1.82) is 0 Å². The van der Waals surface area contributed by atoms with Crippen LogP contribution in [0.3, 0.4) is 0 Å². The number of hydrogen-bond donors (Lipinski definition) is 0. The molecular weight excluding hydrogens is 536 g/mol. The summed E-state index contributed by atoms with van der Waals surface area (Å²) in [5.74, 6) is 3.77. The fourth-order valence-corrected chi connectivity index (χ4v) is 6.08. The highest BCUT2D eigenvalue weighted by molar-refractivity contribution is 5.99. The minimum Gasteiger partial charge on any atom is -0.489 e. The summed E-state index contributed by atoms with van der Waals surface area (Å²) in [4.78, 5) is 27.7. The summed E-state index contributed by atoms with van der Waals surface area (Å²) >= 11 is 0. The van der Waals surface area contributed by atoms with E-state index in [9.17, 15) is 9.59 Å². The maximum absolute atomic E-state index is 11.9. The van der Waals surface area contributed by atoms with E-state index in [4.69, 9.17) is 9.47 Å². The molecule has 0 N–H and O–H groups in total. The lowest BCUT2D eigenvalue weighted by molar-refractivity contribution is -0.118. The third-order valence-corrected chi connectivity index (χ3v) is 8.80. The van der Waals surface area contributed by atoms with Crippen molar-refractivity contribution in [2.24, 2.45) is 0 Å². The van der Waals surface area contributed by atoms with E-state index in [-0.39, 0.29) is 23.9 Å². The van der Waals surface area contributed by atoms with E-state index in [1.807, 2.05) is 28.0 Å². The van der Waals surface area contributed by atoms with Crippen molar-refractivity contribution in [2.75, 3.05) is 23.0 Å². The predicted octanol–water partition coefficient (Wildman–Crippen LogP) is 8.21. The molecule has 7 rings (SSSR count). The summed E-state index contributed by atoms with van der Waals surface area (Å²) in [6.07, 6.45) is 3.15. The van der Waals surface area contributed by atoms with Gasteiger partial charge in [0.1, 0.15) is 24.7 Å². The van der Waals surface area contributed by atoms with E-state index in [0.29, 0.717) is 43.8 Å². The number of hydrogen-bond acceptors (Lipinski definition) is 4. The van der Waals surface area contributed by atoms with Crippen LogP contribution < -0.4 is 19.3 Å².